The summed E-state index contributed by atoms with van der Waals surface area (Å²) in [6.45, 7) is 2.11. The minimum atomic E-state index is -0.363. The van der Waals surface area contributed by atoms with Crippen LogP contribution in [-0.2, 0) is 9.53 Å². The zero-order valence-electron chi connectivity index (χ0n) is 14.7. The van der Waals surface area contributed by atoms with Gasteiger partial charge in [-0.2, -0.15) is 0 Å². The van der Waals surface area contributed by atoms with Crippen molar-refractivity contribution in [1.29, 1.82) is 0 Å². The lowest BCUT2D eigenvalue weighted by molar-refractivity contribution is -0.138. The van der Waals surface area contributed by atoms with Gasteiger partial charge in [-0.25, -0.2) is 4.79 Å². The van der Waals surface area contributed by atoms with Gasteiger partial charge in [0.2, 0.25) is 0 Å². The summed E-state index contributed by atoms with van der Waals surface area (Å²) >= 11 is 6.45. The molecule has 26 heavy (non-hydrogen) atoms. The summed E-state index contributed by atoms with van der Waals surface area (Å²) in [6.07, 6.45) is 1.85. The number of nitrogens with one attached hydrogen (secondary N) is 1. The van der Waals surface area contributed by atoms with Gasteiger partial charge in [-0.1, -0.05) is 29.8 Å². The van der Waals surface area contributed by atoms with Crippen LogP contribution in [0.25, 0.3) is 17.2 Å². The molecule has 2 aromatic carbocycles. The lowest BCUT2D eigenvalue weighted by Gasteiger charge is -2.15. The molecule has 0 bridgehead atoms. The molecule has 1 heterocycles. The van der Waals surface area contributed by atoms with Crippen LogP contribution in [0.5, 0.6) is 5.75 Å². The third kappa shape index (κ3) is 3.69. The van der Waals surface area contributed by atoms with Crippen molar-refractivity contribution in [2.75, 3.05) is 19.0 Å². The van der Waals surface area contributed by atoms with Crippen LogP contribution in [0.4, 0.5) is 5.69 Å². The van der Waals surface area contributed by atoms with Crippen LogP contribution in [-0.4, -0.2) is 25.9 Å². The molecular weight excluding hydrogens is 352 g/mol. The van der Waals surface area contributed by atoms with Crippen molar-refractivity contribution in [2.45, 2.75) is 19.5 Å². The summed E-state index contributed by atoms with van der Waals surface area (Å²) in [4.78, 5) is 12.2. The van der Waals surface area contributed by atoms with E-state index in [0.29, 0.717) is 29.4 Å². The summed E-state index contributed by atoms with van der Waals surface area (Å²) in [7, 11) is 1.59. The second kappa shape index (κ2) is 7.81. The summed E-state index contributed by atoms with van der Waals surface area (Å²) in [6, 6.07) is 11.5. The van der Waals surface area contributed by atoms with Crippen LogP contribution >= 0.6 is 11.6 Å². The van der Waals surface area contributed by atoms with E-state index in [9.17, 15) is 4.79 Å². The molecule has 3 N–H and O–H groups in total. The molecule has 2 aromatic rings. The molecule has 6 heteroatoms. The second-order valence-electron chi connectivity index (χ2n) is 5.97. The molecule has 1 aliphatic rings. The van der Waals surface area contributed by atoms with E-state index in [-0.39, 0.29) is 12.1 Å². The van der Waals surface area contributed by atoms with E-state index in [1.54, 1.807) is 14.0 Å². The summed E-state index contributed by atoms with van der Waals surface area (Å²) in [5.41, 5.74) is 10.1. The normalized spacial score (nSPS) is 16.0. The van der Waals surface area contributed by atoms with Gasteiger partial charge in [-0.3, -0.25) is 0 Å². The lowest BCUT2D eigenvalue weighted by atomic mass is 10.00. The van der Waals surface area contributed by atoms with E-state index in [2.05, 4.69) is 5.32 Å². The SMILES string of the molecule is CCOC(=O)C1=Cc2cc(-c3cccc(OC)c3Cl)ccc2NC(N)C1. The van der Waals surface area contributed by atoms with Gasteiger partial charge < -0.3 is 20.5 Å². The monoisotopic (exact) mass is 372 g/mol. The number of anilines is 1. The number of esters is 1. The molecule has 0 amide bonds. The predicted molar refractivity (Wildman–Crippen MR) is 104 cm³/mol. The minimum Gasteiger partial charge on any atom is -0.495 e. The molecule has 1 atom stereocenters. The first-order valence-corrected chi connectivity index (χ1v) is 8.78. The van der Waals surface area contributed by atoms with Crippen LogP contribution in [0.2, 0.25) is 5.02 Å². The molecule has 0 spiro atoms. The number of fused-ring (bicyclic) bond motifs is 1. The van der Waals surface area contributed by atoms with Crippen LogP contribution in [0.3, 0.4) is 0 Å². The highest BCUT2D eigenvalue weighted by Gasteiger charge is 2.20. The quantitative estimate of drug-likeness (QED) is 0.791. The second-order valence-corrected chi connectivity index (χ2v) is 6.35. The minimum absolute atomic E-state index is 0.325. The van der Waals surface area contributed by atoms with Gasteiger partial charge >= 0.3 is 5.97 Å². The van der Waals surface area contributed by atoms with Crippen molar-refractivity contribution in [3.63, 3.8) is 0 Å². The van der Waals surface area contributed by atoms with Gasteiger partial charge in [0, 0.05) is 23.2 Å². The molecule has 0 saturated carbocycles. The molecule has 5 nitrogen and oxygen atoms in total. The average molecular weight is 373 g/mol. The fraction of sp³-hybridized carbons (Fsp3) is 0.250. The highest BCUT2D eigenvalue weighted by Crippen LogP contribution is 2.37. The molecule has 136 valence electrons. The molecule has 0 fully saturated rings. The number of carbonyl (C=O) groups excluding carboxylic acids is 1. The first-order valence-electron chi connectivity index (χ1n) is 8.40. The number of benzene rings is 2. The van der Waals surface area contributed by atoms with Crippen LogP contribution in [0.1, 0.15) is 18.9 Å². The van der Waals surface area contributed by atoms with Crippen LogP contribution in [0.15, 0.2) is 42.0 Å². The fourth-order valence-electron chi connectivity index (χ4n) is 2.97. The maximum absolute atomic E-state index is 12.2. The van der Waals surface area contributed by atoms with Crippen molar-refractivity contribution in [3.05, 3.63) is 52.6 Å². The van der Waals surface area contributed by atoms with Crippen LogP contribution < -0.4 is 15.8 Å². The van der Waals surface area contributed by atoms with E-state index in [4.69, 9.17) is 26.8 Å². The number of ether oxygens (including phenoxy) is 2. The summed E-state index contributed by atoms with van der Waals surface area (Å²) in [5, 5.41) is 3.77. The number of hydrogen-bond acceptors (Lipinski definition) is 5. The molecule has 3 rings (SSSR count). The third-order valence-electron chi connectivity index (χ3n) is 4.19. The first kappa shape index (κ1) is 18.3. The maximum Gasteiger partial charge on any atom is 0.334 e. The van der Waals surface area contributed by atoms with Crippen molar-refractivity contribution in [1.82, 2.24) is 0 Å². The van der Waals surface area contributed by atoms with Gasteiger partial charge in [0.1, 0.15) is 5.75 Å². The van der Waals surface area contributed by atoms with E-state index in [0.717, 1.165) is 22.4 Å². The molecule has 0 aliphatic carbocycles. The van der Waals surface area contributed by atoms with Crippen molar-refractivity contribution in [3.8, 4) is 16.9 Å². The Bertz CT molecular complexity index is 864. The van der Waals surface area contributed by atoms with Crippen molar-refractivity contribution in [2.24, 2.45) is 5.73 Å². The maximum atomic E-state index is 12.2. The highest BCUT2D eigenvalue weighted by atomic mass is 35.5. The molecule has 1 unspecified atom stereocenters. The van der Waals surface area contributed by atoms with Crippen molar-refractivity contribution < 1.29 is 14.3 Å². The molecule has 1 aliphatic heterocycles. The number of carbonyl (C=O) groups is 1. The molecule has 0 aromatic heterocycles. The third-order valence-corrected chi connectivity index (χ3v) is 4.58. The fourth-order valence-corrected chi connectivity index (χ4v) is 3.29. The Morgan fingerprint density at radius 2 is 2.15 bits per heavy atom. The Kier molecular flexibility index (Phi) is 5.49. The molecule has 0 radical (unpaired) electrons. The van der Waals surface area contributed by atoms with Gasteiger partial charge in [-0.05, 0) is 42.3 Å². The number of halogens is 1. The Balaban J connectivity index is 2.07. The summed E-state index contributed by atoms with van der Waals surface area (Å²) in [5.74, 6) is 0.268. The predicted octanol–water partition coefficient (Wildman–Crippen LogP) is 4.06. The summed E-state index contributed by atoms with van der Waals surface area (Å²) < 4.78 is 10.4. The van der Waals surface area contributed by atoms with Crippen LogP contribution in [0, 0.1) is 0 Å². The Labute approximate surface area is 157 Å². The smallest absolute Gasteiger partial charge is 0.334 e. The lowest BCUT2D eigenvalue weighted by Crippen LogP contribution is -2.30. The zero-order valence-corrected chi connectivity index (χ0v) is 15.5. The van der Waals surface area contributed by atoms with E-state index in [1.807, 2.05) is 42.5 Å². The van der Waals surface area contributed by atoms with E-state index in [1.165, 1.54) is 0 Å². The number of hydrogen-bond donors (Lipinski definition) is 2. The van der Waals surface area contributed by atoms with Gasteiger partial charge in [0.15, 0.2) is 0 Å². The van der Waals surface area contributed by atoms with Gasteiger partial charge in [-0.15, -0.1) is 0 Å². The molecular formula is C20H21ClN2O3. The Morgan fingerprint density at radius 3 is 2.88 bits per heavy atom. The van der Waals surface area contributed by atoms with E-state index >= 15 is 0 Å². The number of methoxy groups -OCH3 is 1. The standard InChI is InChI=1S/C20H21ClN2O3/c1-3-26-20(24)14-10-13-9-12(7-8-16(13)23-18(22)11-14)15-5-4-6-17(25-2)19(15)21/h4-10,18,23H,3,11,22H2,1-2H3. The largest absolute Gasteiger partial charge is 0.495 e. The van der Waals surface area contributed by atoms with Gasteiger partial charge in [0.05, 0.1) is 24.9 Å². The van der Waals surface area contributed by atoms with Crippen molar-refractivity contribution >= 4 is 29.3 Å². The van der Waals surface area contributed by atoms with Gasteiger partial charge in [0.25, 0.3) is 0 Å². The molecule has 0 saturated heterocycles. The topological polar surface area (TPSA) is 73.6 Å². The average Bonchev–Trinajstić information content (AvgIpc) is 2.79. The highest BCUT2D eigenvalue weighted by molar-refractivity contribution is 6.34. The number of nitrogens with two attached hydrogens (primary N) is 1. The Morgan fingerprint density at radius 1 is 1.35 bits per heavy atom. The first-order chi connectivity index (χ1) is 12.5. The number of rotatable bonds is 4. The Hall–Kier alpha value is -2.50. The zero-order chi connectivity index (χ0) is 18.7. The van der Waals surface area contributed by atoms with E-state index < -0.39 is 0 Å².